The molecule has 72 valence electrons. The molecular weight excluding hydrogens is 188 g/mol. The molecule has 0 aromatic carbocycles. The van der Waals surface area contributed by atoms with Gasteiger partial charge >= 0.3 is 6.98 Å². The molecule has 2 aliphatic rings. The molecule has 0 radical (unpaired) electrons. The third-order valence-electron chi connectivity index (χ3n) is 2.13. The third kappa shape index (κ3) is 1.60. The van der Waals surface area contributed by atoms with Gasteiger partial charge in [0.2, 0.25) is 0 Å². The van der Waals surface area contributed by atoms with E-state index >= 15 is 0 Å². The second-order valence-corrected chi connectivity index (χ2v) is 3.18. The Bertz CT molecular complexity index is 392. The van der Waals surface area contributed by atoms with Crippen LogP contribution in [0.1, 0.15) is 0 Å². The lowest BCUT2D eigenvalue weighted by Gasteiger charge is -2.10. The van der Waals surface area contributed by atoms with Crippen LogP contribution in [0.2, 0.25) is 0 Å². The minimum atomic E-state index is -4.88. The lowest BCUT2D eigenvalue weighted by Crippen LogP contribution is -2.32. The molecule has 4 heteroatoms. The summed E-state index contributed by atoms with van der Waals surface area (Å²) in [5.41, 5.74) is 0.736. The fourth-order valence-corrected chi connectivity index (χ4v) is 1.43. The van der Waals surface area contributed by atoms with Gasteiger partial charge in [-0.15, -0.1) is 5.46 Å². The van der Waals surface area contributed by atoms with Crippen molar-refractivity contribution in [3.63, 3.8) is 0 Å². The van der Waals surface area contributed by atoms with Crippen LogP contribution >= 0.6 is 0 Å². The fraction of sp³-hybridized carbons (Fsp3) is 0. The van der Waals surface area contributed by atoms with E-state index in [0.717, 1.165) is 0 Å². The van der Waals surface area contributed by atoms with Gasteiger partial charge in [0.25, 0.3) is 0 Å². The molecule has 14 heavy (non-hydrogen) atoms. The molecular formula is C10H7BF3-. The van der Waals surface area contributed by atoms with Crippen molar-refractivity contribution in [3.05, 3.63) is 42.5 Å². The van der Waals surface area contributed by atoms with Crippen LogP contribution in [0, 0.1) is 0 Å². The van der Waals surface area contributed by atoms with Gasteiger partial charge in [0.1, 0.15) is 0 Å². The molecule has 0 amide bonds. The van der Waals surface area contributed by atoms with Crippen LogP contribution in [0.25, 0.3) is 11.1 Å². The Labute approximate surface area is 79.8 Å². The summed E-state index contributed by atoms with van der Waals surface area (Å²) in [4.78, 5) is 0. The molecule has 0 nitrogen and oxygen atoms in total. The first-order valence-corrected chi connectivity index (χ1v) is 4.26. The largest absolute Gasteiger partial charge is 0.509 e. The van der Waals surface area contributed by atoms with E-state index in [1.165, 1.54) is 12.1 Å². The Hall–Kier alpha value is -1.45. The highest BCUT2D eigenvalue weighted by Crippen LogP contribution is 2.23. The van der Waals surface area contributed by atoms with Gasteiger partial charge in [0.05, 0.1) is 0 Å². The van der Waals surface area contributed by atoms with Crippen molar-refractivity contribution in [2.75, 3.05) is 0 Å². The minimum absolute atomic E-state index is 0.522. The van der Waals surface area contributed by atoms with Crippen molar-refractivity contribution in [2.45, 2.75) is 0 Å². The lowest BCUT2D eigenvalue weighted by atomic mass is 9.82. The maximum Gasteiger partial charge on any atom is 0.509 e. The topological polar surface area (TPSA) is 0 Å². The summed E-state index contributed by atoms with van der Waals surface area (Å²) in [7, 11) is 0. The molecule has 2 aliphatic carbocycles. The quantitative estimate of drug-likeness (QED) is 0.613. The van der Waals surface area contributed by atoms with Crippen LogP contribution in [0.3, 0.4) is 0 Å². The van der Waals surface area contributed by atoms with Gasteiger partial charge in [-0.3, -0.25) is 0 Å². The molecule has 0 heterocycles. The maximum absolute atomic E-state index is 12.4. The zero-order valence-corrected chi connectivity index (χ0v) is 7.25. The van der Waals surface area contributed by atoms with Gasteiger partial charge in [0, 0.05) is 0 Å². The van der Waals surface area contributed by atoms with Crippen molar-refractivity contribution >= 4 is 12.4 Å². The van der Waals surface area contributed by atoms with Gasteiger partial charge in [-0.2, -0.15) is 0 Å². The monoisotopic (exact) mass is 195 g/mol. The minimum Gasteiger partial charge on any atom is -0.445 e. The normalized spacial score (nSPS) is 11.9. The Balaban J connectivity index is 2.59. The molecule has 0 saturated heterocycles. The van der Waals surface area contributed by atoms with Gasteiger partial charge in [-0.25, -0.2) is 0 Å². The second kappa shape index (κ2) is 3.05. The number of hydrogen-bond acceptors (Lipinski definition) is 0. The molecule has 2 rings (SSSR count). The van der Waals surface area contributed by atoms with E-state index in [4.69, 9.17) is 0 Å². The first kappa shape index (κ1) is 9.12. The highest BCUT2D eigenvalue weighted by atomic mass is 19.4. The van der Waals surface area contributed by atoms with E-state index in [9.17, 15) is 12.9 Å². The summed E-state index contributed by atoms with van der Waals surface area (Å²) in [6, 6.07) is 11.0. The van der Waals surface area contributed by atoms with E-state index in [2.05, 4.69) is 0 Å². The Morgan fingerprint density at radius 3 is 1.71 bits per heavy atom. The van der Waals surface area contributed by atoms with Crippen LogP contribution in [-0.4, -0.2) is 6.98 Å². The maximum atomic E-state index is 12.4. The Morgan fingerprint density at radius 2 is 1.29 bits per heavy atom. The van der Waals surface area contributed by atoms with E-state index in [1.807, 2.05) is 0 Å². The molecule has 0 fully saturated rings. The summed E-state index contributed by atoms with van der Waals surface area (Å²) >= 11 is 0. The van der Waals surface area contributed by atoms with Crippen molar-refractivity contribution in [1.29, 1.82) is 0 Å². The summed E-state index contributed by atoms with van der Waals surface area (Å²) in [5, 5.41) is 0. The van der Waals surface area contributed by atoms with Crippen molar-refractivity contribution in [3.8, 4) is 11.1 Å². The zero-order valence-electron chi connectivity index (χ0n) is 7.25. The highest BCUT2D eigenvalue weighted by molar-refractivity contribution is 6.73. The summed E-state index contributed by atoms with van der Waals surface area (Å²) in [6.07, 6.45) is 0. The van der Waals surface area contributed by atoms with Crippen LogP contribution in [-0.2, 0) is 0 Å². The van der Waals surface area contributed by atoms with Gasteiger partial charge in [0.15, 0.2) is 0 Å². The van der Waals surface area contributed by atoms with Crippen molar-refractivity contribution in [1.82, 2.24) is 0 Å². The average molecular weight is 195 g/mol. The fourth-order valence-electron chi connectivity index (χ4n) is 1.43. The van der Waals surface area contributed by atoms with Crippen molar-refractivity contribution in [2.24, 2.45) is 0 Å². The summed E-state index contributed by atoms with van der Waals surface area (Å²) in [6.45, 7) is -4.88. The van der Waals surface area contributed by atoms with Crippen LogP contribution in [0.4, 0.5) is 12.9 Å². The number of fused-ring (bicyclic) bond motifs is 1. The smallest absolute Gasteiger partial charge is 0.445 e. The van der Waals surface area contributed by atoms with E-state index in [1.54, 1.807) is 30.3 Å². The summed E-state index contributed by atoms with van der Waals surface area (Å²) < 4.78 is 37.1. The first-order valence-electron chi connectivity index (χ1n) is 4.26. The van der Waals surface area contributed by atoms with Gasteiger partial charge < -0.3 is 12.9 Å². The van der Waals surface area contributed by atoms with Crippen molar-refractivity contribution < 1.29 is 12.9 Å². The van der Waals surface area contributed by atoms with Crippen LogP contribution < -0.4 is 5.46 Å². The molecule has 0 aromatic heterocycles. The summed E-state index contributed by atoms with van der Waals surface area (Å²) in [5.74, 6) is 0. The molecule has 0 spiro atoms. The molecule has 0 aromatic rings. The SMILES string of the molecule is F[B-](F)(F)c1cc2cccccc-2c1. The highest BCUT2D eigenvalue weighted by Gasteiger charge is 2.27. The predicted molar refractivity (Wildman–Crippen MR) is 51.8 cm³/mol. The Kier molecular flexibility index (Phi) is 1.99. The molecule has 0 saturated carbocycles. The zero-order chi connectivity index (χ0) is 10.2. The standard InChI is InChI=1S/C10H7BF3/c12-11(13,14)10-6-8-4-2-1-3-5-9(8)7-10/h1-7H/q-1. The second-order valence-electron chi connectivity index (χ2n) is 3.18. The third-order valence-corrected chi connectivity index (χ3v) is 2.13. The molecule has 0 N–H and O–H groups in total. The van der Waals surface area contributed by atoms with Crippen LogP contribution in [0.15, 0.2) is 42.5 Å². The lowest BCUT2D eigenvalue weighted by molar-refractivity contribution is 0.501. The van der Waals surface area contributed by atoms with E-state index < -0.39 is 12.4 Å². The molecule has 0 aliphatic heterocycles. The Morgan fingerprint density at radius 1 is 0.786 bits per heavy atom. The van der Waals surface area contributed by atoms with E-state index in [0.29, 0.717) is 11.1 Å². The van der Waals surface area contributed by atoms with Crippen LogP contribution in [0.5, 0.6) is 0 Å². The number of rotatable bonds is 1. The van der Waals surface area contributed by atoms with E-state index in [-0.39, 0.29) is 0 Å². The molecule has 0 bridgehead atoms. The molecule has 0 atom stereocenters. The first-order chi connectivity index (χ1) is 6.57. The number of halogens is 3. The van der Waals surface area contributed by atoms with Gasteiger partial charge in [-0.05, 0) is 11.1 Å². The predicted octanol–water partition coefficient (Wildman–Crippen LogP) is 2.85. The number of hydrogen-bond donors (Lipinski definition) is 0. The molecule has 0 unspecified atom stereocenters. The average Bonchev–Trinajstić information content (AvgIpc) is 2.38. The van der Waals surface area contributed by atoms with Gasteiger partial charge in [-0.1, -0.05) is 42.5 Å².